The number of amides is 2. The van der Waals surface area contributed by atoms with E-state index in [-0.39, 0.29) is 23.8 Å². The molecule has 0 aliphatic carbocycles. The van der Waals surface area contributed by atoms with E-state index in [0.29, 0.717) is 19.5 Å². The van der Waals surface area contributed by atoms with Crippen molar-refractivity contribution in [3.8, 4) is 0 Å². The van der Waals surface area contributed by atoms with Gasteiger partial charge in [-0.3, -0.25) is 0 Å². The Labute approximate surface area is 220 Å². The molecule has 1 rings (SSSR count). The molecular formula is C28H50N2O5Si. The predicted molar refractivity (Wildman–Crippen MR) is 150 cm³/mol. The highest BCUT2D eigenvalue weighted by Gasteiger charge is 2.36. The third kappa shape index (κ3) is 12.8. The van der Waals surface area contributed by atoms with E-state index in [0.717, 1.165) is 37.9 Å². The lowest BCUT2D eigenvalue weighted by molar-refractivity contribution is 0.0260. The highest BCUT2D eigenvalue weighted by Crippen LogP contribution is 2.36. The van der Waals surface area contributed by atoms with E-state index in [1.165, 1.54) is 0 Å². The minimum atomic E-state index is -1.70. The predicted octanol–water partition coefficient (Wildman–Crippen LogP) is 6.97. The highest BCUT2D eigenvalue weighted by atomic mass is 28.4. The van der Waals surface area contributed by atoms with Crippen LogP contribution in [0.1, 0.15) is 73.6 Å². The molecule has 7 nitrogen and oxygen atoms in total. The summed E-state index contributed by atoms with van der Waals surface area (Å²) in [6, 6.07) is -0.226. The molecule has 0 aromatic heterocycles. The van der Waals surface area contributed by atoms with Crippen LogP contribution in [-0.2, 0) is 13.9 Å². The Morgan fingerprint density at radius 2 is 1.89 bits per heavy atom. The Morgan fingerprint density at radius 1 is 1.19 bits per heavy atom. The van der Waals surface area contributed by atoms with Crippen LogP contribution in [0.15, 0.2) is 36.5 Å². The summed E-state index contributed by atoms with van der Waals surface area (Å²) >= 11 is 0. The molecule has 1 heterocycles. The van der Waals surface area contributed by atoms with Gasteiger partial charge in [0.15, 0.2) is 8.32 Å². The first kappa shape index (κ1) is 32.0. The number of allylic oxidation sites excluding steroid dienone is 1. The van der Waals surface area contributed by atoms with Gasteiger partial charge >= 0.3 is 12.2 Å². The van der Waals surface area contributed by atoms with Crippen LogP contribution in [-0.4, -0.2) is 63.3 Å². The molecule has 0 bridgehead atoms. The summed E-state index contributed by atoms with van der Waals surface area (Å²) in [7, 11) is -1.70. The van der Waals surface area contributed by atoms with E-state index in [4.69, 9.17) is 13.9 Å². The van der Waals surface area contributed by atoms with Gasteiger partial charge in [-0.15, -0.1) is 0 Å². The molecule has 0 unspecified atom stereocenters. The first-order valence-electron chi connectivity index (χ1n) is 13.2. The van der Waals surface area contributed by atoms with E-state index in [2.05, 4.69) is 57.9 Å². The highest BCUT2D eigenvalue weighted by molar-refractivity contribution is 6.74. The fourth-order valence-electron chi connectivity index (χ4n) is 3.39. The molecule has 0 spiro atoms. The van der Waals surface area contributed by atoms with Crippen molar-refractivity contribution >= 4 is 20.5 Å². The second-order valence-corrected chi connectivity index (χ2v) is 16.7. The van der Waals surface area contributed by atoms with Gasteiger partial charge in [0.2, 0.25) is 0 Å². The summed E-state index contributed by atoms with van der Waals surface area (Å²) in [5.41, 5.74) is 0.559. The topological polar surface area (TPSA) is 77.1 Å². The molecule has 206 valence electrons. The third-order valence-corrected chi connectivity index (χ3v) is 10.9. The SMILES string of the molecule is C=CCOC(=O)N[C@@H](/C=C\CCCCO[Si](C)(C)C(C)(C)C)CC1=CCCN(C(=O)OC(C)(C)C)C1. The smallest absolute Gasteiger partial charge is 0.410 e. The van der Waals surface area contributed by atoms with Crippen LogP contribution < -0.4 is 5.32 Å². The second kappa shape index (κ2) is 14.6. The molecule has 8 heteroatoms. The molecule has 1 aliphatic heterocycles. The number of nitrogens with zero attached hydrogens (tertiary/aromatic N) is 1. The van der Waals surface area contributed by atoms with Gasteiger partial charge in [0.25, 0.3) is 0 Å². The molecule has 0 aromatic carbocycles. The molecule has 0 saturated heterocycles. The van der Waals surface area contributed by atoms with Gasteiger partial charge in [0, 0.05) is 19.7 Å². The molecule has 1 aliphatic rings. The van der Waals surface area contributed by atoms with Gasteiger partial charge in [0.05, 0.1) is 6.04 Å². The lowest BCUT2D eigenvalue weighted by atomic mass is 10.0. The number of unbranched alkanes of at least 4 members (excludes halogenated alkanes) is 2. The van der Waals surface area contributed by atoms with Gasteiger partial charge in [0.1, 0.15) is 12.2 Å². The number of alkyl carbamates (subject to hydrolysis) is 1. The minimum absolute atomic E-state index is 0.158. The van der Waals surface area contributed by atoms with Crippen molar-refractivity contribution in [1.82, 2.24) is 10.2 Å². The first-order chi connectivity index (χ1) is 16.6. The zero-order chi connectivity index (χ0) is 27.4. The second-order valence-electron chi connectivity index (χ2n) is 11.9. The number of rotatable bonds is 12. The maximum Gasteiger partial charge on any atom is 0.410 e. The standard InChI is InChI=1S/C28H50N2O5Si/c1-10-19-33-25(31)29-24(17-13-11-12-14-20-34-36(8,9)28(5,6)7)21-23-16-15-18-30(22-23)26(32)35-27(2,3)4/h10,13,16-17,24H,1,11-12,14-15,18-22H2,2-9H3,(H,29,31)/b17-13-/t24-/m0/s1. The summed E-state index contributed by atoms with van der Waals surface area (Å²) in [6.07, 6.45) is 11.3. The average molecular weight is 523 g/mol. The maximum absolute atomic E-state index is 12.5. The van der Waals surface area contributed by atoms with Crippen molar-refractivity contribution in [3.63, 3.8) is 0 Å². The number of hydrogen-bond donors (Lipinski definition) is 1. The number of ether oxygens (including phenoxy) is 2. The normalized spacial score (nSPS) is 15.9. The average Bonchev–Trinajstić information content (AvgIpc) is 2.75. The molecule has 1 atom stereocenters. The van der Waals surface area contributed by atoms with Crippen LogP contribution >= 0.6 is 0 Å². The van der Waals surface area contributed by atoms with Gasteiger partial charge in [-0.2, -0.15) is 0 Å². The Hall–Kier alpha value is -2.06. The molecule has 36 heavy (non-hydrogen) atoms. The Morgan fingerprint density at radius 3 is 2.50 bits per heavy atom. The lowest BCUT2D eigenvalue weighted by Crippen LogP contribution is -2.41. The monoisotopic (exact) mass is 522 g/mol. The van der Waals surface area contributed by atoms with Crippen molar-refractivity contribution in [2.45, 2.75) is 103 Å². The fraction of sp³-hybridized carbons (Fsp3) is 0.714. The van der Waals surface area contributed by atoms with Crippen LogP contribution in [0.4, 0.5) is 9.59 Å². The zero-order valence-corrected chi connectivity index (χ0v) is 24.9. The Bertz CT molecular complexity index is 778. The molecule has 0 fully saturated rings. The van der Waals surface area contributed by atoms with Crippen molar-refractivity contribution in [1.29, 1.82) is 0 Å². The molecule has 2 amide bonds. The van der Waals surface area contributed by atoms with Crippen LogP contribution in [0.2, 0.25) is 18.1 Å². The fourth-order valence-corrected chi connectivity index (χ4v) is 4.48. The summed E-state index contributed by atoms with van der Waals surface area (Å²) in [6.45, 7) is 22.6. The van der Waals surface area contributed by atoms with E-state index < -0.39 is 20.0 Å². The molecule has 0 radical (unpaired) electrons. The van der Waals surface area contributed by atoms with Gasteiger partial charge in [-0.25, -0.2) is 9.59 Å². The summed E-state index contributed by atoms with van der Waals surface area (Å²) < 4.78 is 16.9. The first-order valence-corrected chi connectivity index (χ1v) is 16.1. The summed E-state index contributed by atoms with van der Waals surface area (Å²) in [4.78, 5) is 26.4. The third-order valence-electron chi connectivity index (χ3n) is 6.40. The van der Waals surface area contributed by atoms with Crippen molar-refractivity contribution in [2.75, 3.05) is 26.3 Å². The Balaban J connectivity index is 2.64. The number of carbonyl (C=O) groups is 2. The molecule has 1 N–H and O–H groups in total. The van der Waals surface area contributed by atoms with E-state index >= 15 is 0 Å². The quantitative estimate of drug-likeness (QED) is 0.170. The van der Waals surface area contributed by atoms with Gasteiger partial charge in [-0.05, 0) is 71.0 Å². The van der Waals surface area contributed by atoms with Crippen molar-refractivity contribution in [3.05, 3.63) is 36.5 Å². The number of hydrogen-bond acceptors (Lipinski definition) is 5. The molecule has 0 aromatic rings. The van der Waals surface area contributed by atoms with E-state index in [9.17, 15) is 9.59 Å². The van der Waals surface area contributed by atoms with E-state index in [1.807, 2.05) is 26.8 Å². The minimum Gasteiger partial charge on any atom is -0.445 e. The lowest BCUT2D eigenvalue weighted by Gasteiger charge is -2.36. The van der Waals surface area contributed by atoms with Crippen molar-refractivity contribution < 1.29 is 23.5 Å². The Kier molecular flexibility index (Phi) is 13.0. The van der Waals surface area contributed by atoms with Crippen LogP contribution in [0, 0.1) is 0 Å². The summed E-state index contributed by atoms with van der Waals surface area (Å²) in [5, 5.41) is 3.15. The largest absolute Gasteiger partial charge is 0.445 e. The molecule has 0 saturated carbocycles. The van der Waals surface area contributed by atoms with Crippen LogP contribution in [0.25, 0.3) is 0 Å². The zero-order valence-electron chi connectivity index (χ0n) is 23.9. The van der Waals surface area contributed by atoms with Gasteiger partial charge in [-0.1, -0.05) is 57.2 Å². The molecular weight excluding hydrogens is 472 g/mol. The van der Waals surface area contributed by atoms with E-state index in [1.54, 1.807) is 11.0 Å². The van der Waals surface area contributed by atoms with Crippen LogP contribution in [0.5, 0.6) is 0 Å². The van der Waals surface area contributed by atoms with Gasteiger partial charge < -0.3 is 24.1 Å². The number of carbonyl (C=O) groups excluding carboxylic acids is 2. The van der Waals surface area contributed by atoms with Crippen LogP contribution in [0.3, 0.4) is 0 Å². The van der Waals surface area contributed by atoms with Crippen molar-refractivity contribution in [2.24, 2.45) is 0 Å². The summed E-state index contributed by atoms with van der Waals surface area (Å²) in [5.74, 6) is 0. The number of nitrogens with one attached hydrogen (secondary N) is 1. The maximum atomic E-state index is 12.5.